The highest BCUT2D eigenvalue weighted by molar-refractivity contribution is 9.10. The lowest BCUT2D eigenvalue weighted by Gasteiger charge is -2.36. The molecule has 1 aromatic heterocycles. The van der Waals surface area contributed by atoms with Gasteiger partial charge in [0, 0.05) is 39.3 Å². The Morgan fingerprint density at radius 1 is 1.30 bits per heavy atom. The molecule has 0 radical (unpaired) electrons. The van der Waals surface area contributed by atoms with Gasteiger partial charge in [0.1, 0.15) is 16.6 Å². The number of hydrogen-bond donors (Lipinski definition) is 2. The van der Waals surface area contributed by atoms with Gasteiger partial charge in [0.05, 0.1) is 0 Å². The van der Waals surface area contributed by atoms with E-state index in [1.807, 2.05) is 0 Å². The lowest BCUT2D eigenvalue weighted by molar-refractivity contribution is 0.229. The van der Waals surface area contributed by atoms with Gasteiger partial charge in [-0.15, -0.1) is 0 Å². The number of nitrogens with zero attached hydrogens (tertiary/aromatic N) is 5. The van der Waals surface area contributed by atoms with Crippen molar-refractivity contribution in [2.75, 3.05) is 63.7 Å². The average Bonchev–Trinajstić information content (AvgIpc) is 2.46. The molecule has 1 aromatic rings. The van der Waals surface area contributed by atoms with Gasteiger partial charge in [-0.1, -0.05) is 0 Å². The van der Waals surface area contributed by atoms with E-state index in [0.29, 0.717) is 5.82 Å². The van der Waals surface area contributed by atoms with E-state index in [2.05, 4.69) is 60.1 Å². The molecular weight excluding hydrogens is 322 g/mol. The van der Waals surface area contributed by atoms with Crippen LogP contribution in [-0.4, -0.2) is 73.1 Å². The van der Waals surface area contributed by atoms with Crippen LogP contribution in [0, 0.1) is 0 Å². The predicted octanol–water partition coefficient (Wildman–Crippen LogP) is 0.208. The summed E-state index contributed by atoms with van der Waals surface area (Å²) in [5.74, 6) is 6.96. The van der Waals surface area contributed by atoms with Gasteiger partial charge in [-0.3, -0.25) is 4.90 Å². The maximum Gasteiger partial charge on any atom is 0.159 e. The second kappa shape index (κ2) is 7.16. The van der Waals surface area contributed by atoms with E-state index in [1.54, 1.807) is 0 Å². The summed E-state index contributed by atoms with van der Waals surface area (Å²) >= 11 is 3.51. The van der Waals surface area contributed by atoms with Crippen molar-refractivity contribution >= 4 is 27.6 Å². The van der Waals surface area contributed by atoms with Crippen molar-refractivity contribution in [1.82, 2.24) is 19.8 Å². The fourth-order valence-electron chi connectivity index (χ4n) is 2.21. The maximum absolute atomic E-state index is 5.44. The summed E-state index contributed by atoms with van der Waals surface area (Å²) in [6, 6.07) is 0. The first-order chi connectivity index (χ1) is 9.61. The number of nitrogen functional groups attached to an aromatic ring is 1. The van der Waals surface area contributed by atoms with E-state index in [9.17, 15) is 0 Å². The van der Waals surface area contributed by atoms with Crippen molar-refractivity contribution in [2.45, 2.75) is 0 Å². The molecule has 1 aliphatic rings. The highest BCUT2D eigenvalue weighted by Gasteiger charge is 2.21. The second-order valence-electron chi connectivity index (χ2n) is 5.14. The van der Waals surface area contributed by atoms with E-state index < -0.39 is 0 Å². The highest BCUT2D eigenvalue weighted by atomic mass is 79.9. The highest BCUT2D eigenvalue weighted by Crippen LogP contribution is 2.29. The zero-order valence-electron chi connectivity index (χ0n) is 12.0. The third kappa shape index (κ3) is 3.78. The number of nitrogens with one attached hydrogen (secondary N) is 1. The summed E-state index contributed by atoms with van der Waals surface area (Å²) in [5.41, 5.74) is 2.58. The normalized spacial score (nSPS) is 16.8. The van der Waals surface area contributed by atoms with Crippen molar-refractivity contribution in [3.05, 3.63) is 10.8 Å². The molecule has 2 heterocycles. The van der Waals surface area contributed by atoms with E-state index in [1.165, 1.54) is 6.33 Å². The molecule has 1 fully saturated rings. The quantitative estimate of drug-likeness (QED) is 0.584. The number of aromatic nitrogens is 2. The summed E-state index contributed by atoms with van der Waals surface area (Å²) in [6.07, 6.45) is 1.54. The molecule has 0 atom stereocenters. The lowest BCUT2D eigenvalue weighted by atomic mass is 10.3. The van der Waals surface area contributed by atoms with E-state index >= 15 is 0 Å². The summed E-state index contributed by atoms with van der Waals surface area (Å²) in [6.45, 7) is 6.24. The van der Waals surface area contributed by atoms with Crippen molar-refractivity contribution in [2.24, 2.45) is 5.84 Å². The molecule has 1 aliphatic heterocycles. The van der Waals surface area contributed by atoms with Crippen molar-refractivity contribution < 1.29 is 0 Å². The number of halogens is 1. The first-order valence-corrected chi connectivity index (χ1v) is 7.50. The molecule has 0 aromatic carbocycles. The van der Waals surface area contributed by atoms with Crippen LogP contribution in [0.1, 0.15) is 0 Å². The van der Waals surface area contributed by atoms with Gasteiger partial charge in [-0.25, -0.2) is 15.8 Å². The van der Waals surface area contributed by atoms with Crippen LogP contribution in [0.5, 0.6) is 0 Å². The Labute approximate surface area is 128 Å². The van der Waals surface area contributed by atoms with Crippen LogP contribution in [-0.2, 0) is 0 Å². The van der Waals surface area contributed by atoms with E-state index in [-0.39, 0.29) is 0 Å². The van der Waals surface area contributed by atoms with Crippen LogP contribution < -0.4 is 16.2 Å². The van der Waals surface area contributed by atoms with Crippen LogP contribution in [0.15, 0.2) is 10.8 Å². The number of anilines is 2. The molecule has 0 amide bonds. The monoisotopic (exact) mass is 343 g/mol. The standard InChI is InChI=1S/C12H22BrN7/c1-18(2)3-4-19-5-7-20(8-6-19)12-10(13)11(17-14)15-9-16-12/h9H,3-8,14H2,1-2H3,(H,15,16,17). The summed E-state index contributed by atoms with van der Waals surface area (Å²) < 4.78 is 0.823. The Morgan fingerprint density at radius 3 is 2.60 bits per heavy atom. The molecule has 0 saturated carbocycles. The number of piperazine rings is 1. The maximum atomic E-state index is 5.44. The fourth-order valence-corrected chi connectivity index (χ4v) is 2.78. The van der Waals surface area contributed by atoms with Crippen LogP contribution in [0.2, 0.25) is 0 Å². The Kier molecular flexibility index (Phi) is 5.53. The van der Waals surface area contributed by atoms with Gasteiger partial charge < -0.3 is 15.2 Å². The predicted molar refractivity (Wildman–Crippen MR) is 84.7 cm³/mol. The van der Waals surface area contributed by atoms with E-state index in [0.717, 1.165) is 49.6 Å². The molecule has 0 bridgehead atoms. The molecule has 20 heavy (non-hydrogen) atoms. The SMILES string of the molecule is CN(C)CCN1CCN(c2ncnc(NN)c2Br)CC1. The van der Waals surface area contributed by atoms with Gasteiger partial charge >= 0.3 is 0 Å². The molecular formula is C12H22BrN7. The van der Waals surface area contributed by atoms with Crippen LogP contribution in [0.25, 0.3) is 0 Å². The molecule has 7 nitrogen and oxygen atoms in total. The van der Waals surface area contributed by atoms with Crippen LogP contribution in [0.3, 0.4) is 0 Å². The van der Waals surface area contributed by atoms with Gasteiger partial charge in [0.2, 0.25) is 0 Å². The second-order valence-corrected chi connectivity index (χ2v) is 5.93. The Bertz CT molecular complexity index is 432. The summed E-state index contributed by atoms with van der Waals surface area (Å²) in [5, 5.41) is 0. The van der Waals surface area contributed by atoms with Gasteiger partial charge in [0.25, 0.3) is 0 Å². The number of likely N-dealkylation sites (N-methyl/N-ethyl adjacent to an activating group) is 1. The molecule has 112 valence electrons. The number of nitrogens with two attached hydrogens (primary N) is 1. The Morgan fingerprint density at radius 2 is 2.00 bits per heavy atom. The van der Waals surface area contributed by atoms with Crippen molar-refractivity contribution in [3.63, 3.8) is 0 Å². The smallest absolute Gasteiger partial charge is 0.159 e. The largest absolute Gasteiger partial charge is 0.353 e. The third-order valence-electron chi connectivity index (χ3n) is 3.44. The van der Waals surface area contributed by atoms with Gasteiger partial charge in [-0.05, 0) is 30.0 Å². The van der Waals surface area contributed by atoms with Gasteiger partial charge in [-0.2, -0.15) is 0 Å². The Hall–Kier alpha value is -0.960. The van der Waals surface area contributed by atoms with Crippen molar-refractivity contribution in [1.29, 1.82) is 0 Å². The molecule has 1 saturated heterocycles. The summed E-state index contributed by atoms with van der Waals surface area (Å²) in [7, 11) is 4.21. The van der Waals surface area contributed by atoms with E-state index in [4.69, 9.17) is 5.84 Å². The molecule has 3 N–H and O–H groups in total. The summed E-state index contributed by atoms with van der Waals surface area (Å²) in [4.78, 5) is 15.4. The average molecular weight is 344 g/mol. The number of hydrazine groups is 1. The zero-order valence-corrected chi connectivity index (χ0v) is 13.6. The number of hydrogen-bond acceptors (Lipinski definition) is 7. The molecule has 2 rings (SSSR count). The van der Waals surface area contributed by atoms with Crippen molar-refractivity contribution in [3.8, 4) is 0 Å². The first-order valence-electron chi connectivity index (χ1n) is 6.71. The number of rotatable bonds is 5. The lowest BCUT2D eigenvalue weighted by Crippen LogP contribution is -2.48. The zero-order chi connectivity index (χ0) is 14.5. The Balaban J connectivity index is 1.94. The van der Waals surface area contributed by atoms with Crippen LogP contribution >= 0.6 is 15.9 Å². The molecule has 0 aliphatic carbocycles. The fraction of sp³-hybridized carbons (Fsp3) is 0.667. The minimum atomic E-state index is 0.616. The van der Waals surface area contributed by atoms with Crippen LogP contribution in [0.4, 0.5) is 11.6 Å². The molecule has 0 unspecified atom stereocenters. The molecule has 8 heteroatoms. The van der Waals surface area contributed by atoms with Gasteiger partial charge in [0.15, 0.2) is 5.82 Å². The first kappa shape index (κ1) is 15.4. The minimum Gasteiger partial charge on any atom is -0.353 e. The molecule has 0 spiro atoms. The topological polar surface area (TPSA) is 73.5 Å². The third-order valence-corrected chi connectivity index (χ3v) is 4.17. The minimum absolute atomic E-state index is 0.616.